The fourth-order valence-corrected chi connectivity index (χ4v) is 4.79. The van der Waals surface area contributed by atoms with Gasteiger partial charge < -0.3 is 0 Å². The van der Waals surface area contributed by atoms with E-state index in [1.54, 1.807) is 6.07 Å². The normalized spacial score (nSPS) is 22.2. The van der Waals surface area contributed by atoms with Gasteiger partial charge in [0, 0.05) is 12.6 Å². The van der Waals surface area contributed by atoms with Gasteiger partial charge in [0.15, 0.2) is 0 Å². The highest BCUT2D eigenvalue weighted by atomic mass is 32.2. The van der Waals surface area contributed by atoms with Crippen LogP contribution in [0.4, 0.5) is 4.39 Å². The Balaban J connectivity index is 1.51. The molecule has 6 heteroatoms. The maximum atomic E-state index is 13.4. The van der Waals surface area contributed by atoms with Crippen LogP contribution in [0.3, 0.4) is 0 Å². The van der Waals surface area contributed by atoms with Crippen LogP contribution in [0.15, 0.2) is 18.2 Å². The second-order valence-electron chi connectivity index (χ2n) is 7.34. The molecule has 0 unspecified atom stereocenters. The van der Waals surface area contributed by atoms with Crippen LogP contribution >= 0.6 is 0 Å². The third kappa shape index (κ3) is 4.11. The van der Waals surface area contributed by atoms with Crippen molar-refractivity contribution in [3.8, 4) is 0 Å². The van der Waals surface area contributed by atoms with Gasteiger partial charge in [-0.15, -0.1) is 0 Å². The minimum atomic E-state index is -3.10. The van der Waals surface area contributed by atoms with Crippen LogP contribution in [-0.4, -0.2) is 38.7 Å². The van der Waals surface area contributed by atoms with Gasteiger partial charge in [0.25, 0.3) is 0 Å². The number of piperidine rings is 1. The number of rotatable bonds is 4. The van der Waals surface area contributed by atoms with E-state index in [0.717, 1.165) is 56.4 Å². The topological polar surface area (TPSA) is 49.4 Å². The Morgan fingerprint density at radius 1 is 1.30 bits per heavy atom. The molecule has 1 saturated heterocycles. The number of sulfonamides is 1. The van der Waals surface area contributed by atoms with Crippen LogP contribution in [0.25, 0.3) is 0 Å². The number of hydrogen-bond acceptors (Lipinski definition) is 3. The number of nitrogens with one attached hydrogen (secondary N) is 1. The Morgan fingerprint density at radius 2 is 1.96 bits per heavy atom. The summed E-state index contributed by atoms with van der Waals surface area (Å²) >= 11 is 0. The van der Waals surface area contributed by atoms with Crippen LogP contribution in [0.5, 0.6) is 0 Å². The van der Waals surface area contributed by atoms with Crippen molar-refractivity contribution in [2.45, 2.75) is 45.2 Å². The lowest BCUT2D eigenvalue weighted by atomic mass is 9.60. The molecule has 1 spiro atoms. The van der Waals surface area contributed by atoms with Gasteiger partial charge in [-0.1, -0.05) is 6.07 Å². The summed E-state index contributed by atoms with van der Waals surface area (Å²) in [5.41, 5.74) is 2.51. The molecule has 2 fully saturated rings. The number of nitrogens with zero attached hydrogens (tertiary/aromatic N) is 1. The molecule has 0 amide bonds. The molecule has 1 N–H and O–H groups in total. The van der Waals surface area contributed by atoms with E-state index in [1.807, 2.05) is 13.0 Å². The molecule has 0 radical (unpaired) electrons. The molecular weight excluding hydrogens is 315 g/mol. The first-order valence-electron chi connectivity index (χ1n) is 8.19. The maximum absolute atomic E-state index is 13.4. The van der Waals surface area contributed by atoms with E-state index < -0.39 is 10.0 Å². The molecular formula is C17H25FN2O2S. The van der Waals surface area contributed by atoms with Gasteiger partial charge in [-0.05, 0) is 74.4 Å². The largest absolute Gasteiger partial charge is 0.299 e. The summed E-state index contributed by atoms with van der Waals surface area (Å²) in [6.45, 7) is 4.82. The number of likely N-dealkylation sites (tertiary alicyclic amines) is 1. The maximum Gasteiger partial charge on any atom is 0.208 e. The Hall–Kier alpha value is -0.980. The second-order valence-corrected chi connectivity index (χ2v) is 9.12. The first-order chi connectivity index (χ1) is 10.7. The molecule has 2 aliphatic rings. The summed E-state index contributed by atoms with van der Waals surface area (Å²) < 4.78 is 38.6. The lowest BCUT2D eigenvalue weighted by Gasteiger charge is -2.52. The van der Waals surface area contributed by atoms with Gasteiger partial charge in [-0.2, -0.15) is 0 Å². The van der Waals surface area contributed by atoms with Crippen LogP contribution < -0.4 is 4.72 Å². The van der Waals surface area contributed by atoms with Gasteiger partial charge >= 0.3 is 0 Å². The fraction of sp³-hybridized carbons (Fsp3) is 0.647. The molecule has 0 atom stereocenters. The van der Waals surface area contributed by atoms with Crippen LogP contribution in [-0.2, 0) is 16.6 Å². The summed E-state index contributed by atoms with van der Waals surface area (Å²) in [7, 11) is -3.10. The first kappa shape index (κ1) is 16.9. The summed E-state index contributed by atoms with van der Waals surface area (Å²) in [4.78, 5) is 2.38. The van der Waals surface area contributed by atoms with E-state index in [2.05, 4.69) is 9.62 Å². The Labute approximate surface area is 138 Å². The number of halogens is 1. The monoisotopic (exact) mass is 340 g/mol. The van der Waals surface area contributed by atoms with Crippen molar-refractivity contribution >= 4 is 10.0 Å². The Kier molecular flexibility index (Phi) is 4.51. The Bertz CT molecular complexity index is 674. The molecule has 128 valence electrons. The Morgan fingerprint density at radius 3 is 2.57 bits per heavy atom. The van der Waals surface area contributed by atoms with Crippen molar-refractivity contribution in [2.24, 2.45) is 5.41 Å². The van der Waals surface area contributed by atoms with Crippen molar-refractivity contribution in [2.75, 3.05) is 19.3 Å². The van der Waals surface area contributed by atoms with E-state index in [1.165, 1.54) is 12.3 Å². The number of aryl methyl sites for hydroxylation is 1. The summed E-state index contributed by atoms with van der Waals surface area (Å²) in [5.74, 6) is -0.173. The molecule has 23 heavy (non-hydrogen) atoms. The second kappa shape index (κ2) is 6.15. The van der Waals surface area contributed by atoms with E-state index in [0.29, 0.717) is 5.41 Å². The molecule has 1 saturated carbocycles. The first-order valence-corrected chi connectivity index (χ1v) is 10.1. The zero-order chi connectivity index (χ0) is 16.7. The molecule has 1 aliphatic carbocycles. The predicted molar refractivity (Wildman–Crippen MR) is 89.1 cm³/mol. The van der Waals surface area contributed by atoms with Crippen LogP contribution in [0.1, 0.15) is 36.8 Å². The van der Waals surface area contributed by atoms with Crippen molar-refractivity contribution in [1.82, 2.24) is 9.62 Å². The lowest BCUT2D eigenvalue weighted by molar-refractivity contribution is 0.0106. The van der Waals surface area contributed by atoms with Crippen molar-refractivity contribution in [1.29, 1.82) is 0 Å². The SMILES string of the molecule is Cc1ccc(F)cc1CN1CCC2(CC1)CC(NS(C)(=O)=O)C2. The predicted octanol–water partition coefficient (Wildman–Crippen LogP) is 2.43. The van der Waals surface area contributed by atoms with Crippen molar-refractivity contribution in [3.05, 3.63) is 35.1 Å². The summed E-state index contributed by atoms with van der Waals surface area (Å²) in [6.07, 6.45) is 5.33. The van der Waals surface area contributed by atoms with Gasteiger partial charge in [0.05, 0.1) is 6.26 Å². The highest BCUT2D eigenvalue weighted by molar-refractivity contribution is 7.88. The molecule has 1 heterocycles. The van der Waals surface area contributed by atoms with Crippen LogP contribution in [0.2, 0.25) is 0 Å². The molecule has 0 bridgehead atoms. The quantitative estimate of drug-likeness (QED) is 0.916. The van der Waals surface area contributed by atoms with Gasteiger partial charge in [-0.3, -0.25) is 4.90 Å². The van der Waals surface area contributed by atoms with E-state index in [9.17, 15) is 12.8 Å². The fourth-order valence-electron chi connectivity index (χ4n) is 4.02. The lowest BCUT2D eigenvalue weighted by Crippen LogP contribution is -2.54. The average molecular weight is 340 g/mol. The standard InChI is InChI=1S/C17H25FN2O2S/c1-13-3-4-15(18)9-14(13)12-20-7-5-17(6-8-20)10-16(11-17)19-23(2,21)22/h3-4,9,16,19H,5-8,10-12H2,1-2H3. The zero-order valence-corrected chi connectivity index (χ0v) is 14.6. The van der Waals surface area contributed by atoms with Gasteiger partial charge in [0.1, 0.15) is 5.82 Å². The summed E-state index contributed by atoms with van der Waals surface area (Å²) in [6, 6.07) is 5.09. The van der Waals surface area contributed by atoms with Gasteiger partial charge in [0.2, 0.25) is 10.0 Å². The molecule has 1 aromatic carbocycles. The highest BCUT2D eigenvalue weighted by Gasteiger charge is 2.46. The van der Waals surface area contributed by atoms with Gasteiger partial charge in [-0.25, -0.2) is 17.5 Å². The minimum absolute atomic E-state index is 0.113. The molecule has 4 nitrogen and oxygen atoms in total. The van der Waals surface area contributed by atoms with Crippen molar-refractivity contribution in [3.63, 3.8) is 0 Å². The molecule has 0 aromatic heterocycles. The highest BCUT2D eigenvalue weighted by Crippen LogP contribution is 2.49. The van der Waals surface area contributed by atoms with Crippen molar-refractivity contribution < 1.29 is 12.8 Å². The molecule has 3 rings (SSSR count). The third-order valence-electron chi connectivity index (χ3n) is 5.36. The van der Waals surface area contributed by atoms with E-state index >= 15 is 0 Å². The third-order valence-corrected chi connectivity index (χ3v) is 6.12. The number of hydrogen-bond donors (Lipinski definition) is 1. The average Bonchev–Trinajstić information content (AvgIpc) is 2.42. The zero-order valence-electron chi connectivity index (χ0n) is 13.8. The smallest absolute Gasteiger partial charge is 0.208 e. The van der Waals surface area contributed by atoms with Crippen LogP contribution in [0, 0.1) is 18.2 Å². The van der Waals surface area contributed by atoms with E-state index in [4.69, 9.17) is 0 Å². The number of benzene rings is 1. The molecule has 1 aliphatic heterocycles. The van der Waals surface area contributed by atoms with E-state index in [-0.39, 0.29) is 11.9 Å². The minimum Gasteiger partial charge on any atom is -0.299 e. The summed E-state index contributed by atoms with van der Waals surface area (Å²) in [5, 5.41) is 0. The molecule has 1 aromatic rings.